The molecule has 0 unspecified atom stereocenters. The number of benzene rings is 2. The van der Waals surface area contributed by atoms with Gasteiger partial charge in [-0.25, -0.2) is 0 Å². The number of nitrogens with one attached hydrogen (secondary N) is 1. The molecule has 0 bridgehead atoms. The van der Waals surface area contributed by atoms with E-state index in [9.17, 15) is 9.59 Å². The average molecular weight is 412 g/mol. The molecule has 0 atom stereocenters. The van der Waals surface area contributed by atoms with E-state index in [-0.39, 0.29) is 24.5 Å². The van der Waals surface area contributed by atoms with Crippen molar-refractivity contribution in [2.24, 2.45) is 0 Å². The van der Waals surface area contributed by atoms with Gasteiger partial charge >= 0.3 is 0 Å². The molecule has 1 N–H and O–H groups in total. The predicted octanol–water partition coefficient (Wildman–Crippen LogP) is 2.81. The van der Waals surface area contributed by atoms with Gasteiger partial charge in [0.15, 0.2) is 18.1 Å². The van der Waals surface area contributed by atoms with Crippen molar-refractivity contribution in [2.45, 2.75) is 25.8 Å². The Bertz CT molecular complexity index is 874. The molecule has 0 aliphatic carbocycles. The standard InChI is InChI=1S/C23H28N2O5/c1-16-4-7-19(8-5-16)30-15-22(26)24-18-10-12-25(13-11-18)23(27)17-6-9-20(28-2)21(14-17)29-3/h4-9,14,18H,10-13,15H2,1-3H3,(H,24,26). The van der Waals surface area contributed by atoms with Gasteiger partial charge in [0.1, 0.15) is 5.75 Å². The van der Waals surface area contributed by atoms with Gasteiger partial charge in [0, 0.05) is 24.7 Å². The molecule has 160 valence electrons. The summed E-state index contributed by atoms with van der Waals surface area (Å²) in [6.45, 7) is 3.14. The van der Waals surface area contributed by atoms with Crippen LogP contribution < -0.4 is 19.5 Å². The zero-order valence-electron chi connectivity index (χ0n) is 17.6. The number of hydrogen-bond acceptors (Lipinski definition) is 5. The highest BCUT2D eigenvalue weighted by atomic mass is 16.5. The van der Waals surface area contributed by atoms with E-state index < -0.39 is 0 Å². The minimum Gasteiger partial charge on any atom is -0.493 e. The van der Waals surface area contributed by atoms with E-state index in [1.54, 1.807) is 37.3 Å². The van der Waals surface area contributed by atoms with E-state index in [1.807, 2.05) is 31.2 Å². The van der Waals surface area contributed by atoms with Crippen LogP contribution in [-0.4, -0.2) is 56.7 Å². The molecule has 1 saturated heterocycles. The molecule has 1 aliphatic heterocycles. The summed E-state index contributed by atoms with van der Waals surface area (Å²) >= 11 is 0. The molecule has 7 heteroatoms. The van der Waals surface area contributed by atoms with E-state index in [0.717, 1.165) is 5.56 Å². The number of methoxy groups -OCH3 is 2. The fourth-order valence-electron chi connectivity index (χ4n) is 3.43. The largest absolute Gasteiger partial charge is 0.493 e. The lowest BCUT2D eigenvalue weighted by Crippen LogP contribution is -2.47. The SMILES string of the molecule is COc1ccc(C(=O)N2CCC(NC(=O)COc3ccc(C)cc3)CC2)cc1OC. The number of rotatable bonds is 7. The summed E-state index contributed by atoms with van der Waals surface area (Å²) in [5.41, 5.74) is 1.70. The van der Waals surface area contributed by atoms with Gasteiger partial charge in [-0.1, -0.05) is 17.7 Å². The second-order valence-corrected chi connectivity index (χ2v) is 7.31. The first kappa shape index (κ1) is 21.5. The van der Waals surface area contributed by atoms with Gasteiger partial charge in [0.05, 0.1) is 14.2 Å². The van der Waals surface area contributed by atoms with Crippen molar-refractivity contribution in [1.82, 2.24) is 10.2 Å². The Morgan fingerprint density at radius 1 is 1.00 bits per heavy atom. The maximum atomic E-state index is 12.8. The number of ether oxygens (including phenoxy) is 3. The third-order valence-corrected chi connectivity index (χ3v) is 5.17. The zero-order valence-corrected chi connectivity index (χ0v) is 17.6. The maximum absolute atomic E-state index is 12.8. The third-order valence-electron chi connectivity index (χ3n) is 5.17. The normalized spacial score (nSPS) is 14.2. The quantitative estimate of drug-likeness (QED) is 0.757. The molecule has 7 nitrogen and oxygen atoms in total. The van der Waals surface area contributed by atoms with E-state index >= 15 is 0 Å². The summed E-state index contributed by atoms with van der Waals surface area (Å²) in [6, 6.07) is 12.8. The summed E-state index contributed by atoms with van der Waals surface area (Å²) in [5, 5.41) is 2.99. The third kappa shape index (κ3) is 5.43. The van der Waals surface area contributed by atoms with Crippen molar-refractivity contribution >= 4 is 11.8 Å². The number of carbonyl (C=O) groups excluding carboxylic acids is 2. The van der Waals surface area contributed by atoms with Gasteiger partial charge in [0.2, 0.25) is 0 Å². The van der Waals surface area contributed by atoms with Crippen LogP contribution in [0.25, 0.3) is 0 Å². The van der Waals surface area contributed by atoms with Crippen molar-refractivity contribution in [2.75, 3.05) is 33.9 Å². The highest BCUT2D eigenvalue weighted by Crippen LogP contribution is 2.28. The molecule has 1 aliphatic rings. The Balaban J connectivity index is 1.46. The Kier molecular flexibility index (Phi) is 7.17. The van der Waals surface area contributed by atoms with Gasteiger partial charge in [-0.2, -0.15) is 0 Å². The Morgan fingerprint density at radius 2 is 1.67 bits per heavy atom. The molecule has 2 amide bonds. The minimum atomic E-state index is -0.153. The number of aryl methyl sites for hydroxylation is 1. The molecular formula is C23H28N2O5. The first-order chi connectivity index (χ1) is 14.5. The Hall–Kier alpha value is -3.22. The topological polar surface area (TPSA) is 77.1 Å². The molecule has 1 heterocycles. The van der Waals surface area contributed by atoms with Crippen LogP contribution in [0.5, 0.6) is 17.2 Å². The van der Waals surface area contributed by atoms with Crippen LogP contribution in [0.15, 0.2) is 42.5 Å². The van der Waals surface area contributed by atoms with Crippen molar-refractivity contribution < 1.29 is 23.8 Å². The van der Waals surface area contributed by atoms with Crippen LogP contribution >= 0.6 is 0 Å². The summed E-state index contributed by atoms with van der Waals surface area (Å²) in [5.74, 6) is 1.58. The number of amides is 2. The second-order valence-electron chi connectivity index (χ2n) is 7.31. The molecule has 0 aromatic heterocycles. The fourth-order valence-corrected chi connectivity index (χ4v) is 3.43. The number of likely N-dealkylation sites (tertiary alicyclic amines) is 1. The van der Waals surface area contributed by atoms with Gasteiger partial charge in [-0.3, -0.25) is 9.59 Å². The summed E-state index contributed by atoms with van der Waals surface area (Å²) < 4.78 is 16.0. The predicted molar refractivity (Wildman–Crippen MR) is 113 cm³/mol. The van der Waals surface area contributed by atoms with Crippen molar-refractivity contribution in [3.05, 3.63) is 53.6 Å². The van der Waals surface area contributed by atoms with Gasteiger partial charge < -0.3 is 24.4 Å². The monoisotopic (exact) mass is 412 g/mol. The lowest BCUT2D eigenvalue weighted by molar-refractivity contribution is -0.124. The van der Waals surface area contributed by atoms with E-state index in [1.165, 1.54) is 0 Å². The molecule has 30 heavy (non-hydrogen) atoms. The van der Waals surface area contributed by atoms with E-state index in [2.05, 4.69) is 5.32 Å². The number of piperidine rings is 1. The summed E-state index contributed by atoms with van der Waals surface area (Å²) in [6.07, 6.45) is 1.41. The van der Waals surface area contributed by atoms with Gasteiger partial charge in [-0.05, 0) is 50.1 Å². The lowest BCUT2D eigenvalue weighted by Gasteiger charge is -2.32. The first-order valence-corrected chi connectivity index (χ1v) is 10.00. The van der Waals surface area contributed by atoms with Gasteiger partial charge in [0.25, 0.3) is 11.8 Å². The van der Waals surface area contributed by atoms with Crippen LogP contribution in [-0.2, 0) is 4.79 Å². The van der Waals surface area contributed by atoms with Crippen molar-refractivity contribution in [1.29, 1.82) is 0 Å². The molecule has 0 saturated carbocycles. The Labute approximate surface area is 176 Å². The molecular weight excluding hydrogens is 384 g/mol. The highest BCUT2D eigenvalue weighted by molar-refractivity contribution is 5.95. The number of nitrogens with zero attached hydrogens (tertiary/aromatic N) is 1. The lowest BCUT2D eigenvalue weighted by atomic mass is 10.0. The number of carbonyl (C=O) groups is 2. The van der Waals surface area contributed by atoms with Crippen LogP contribution in [0.4, 0.5) is 0 Å². The fraction of sp³-hybridized carbons (Fsp3) is 0.391. The summed E-state index contributed by atoms with van der Waals surface area (Å²) in [7, 11) is 3.10. The van der Waals surface area contributed by atoms with Crippen LogP contribution in [0.2, 0.25) is 0 Å². The van der Waals surface area contributed by atoms with Crippen molar-refractivity contribution in [3.63, 3.8) is 0 Å². The maximum Gasteiger partial charge on any atom is 0.258 e. The molecule has 2 aromatic carbocycles. The van der Waals surface area contributed by atoms with Crippen molar-refractivity contribution in [3.8, 4) is 17.2 Å². The molecule has 0 spiro atoms. The van der Waals surface area contributed by atoms with E-state index in [0.29, 0.717) is 48.7 Å². The average Bonchev–Trinajstić information content (AvgIpc) is 2.78. The van der Waals surface area contributed by atoms with Crippen LogP contribution in [0.3, 0.4) is 0 Å². The second kappa shape index (κ2) is 10.0. The number of hydrogen-bond donors (Lipinski definition) is 1. The van der Waals surface area contributed by atoms with Gasteiger partial charge in [-0.15, -0.1) is 0 Å². The minimum absolute atomic E-state index is 0.0200. The van der Waals surface area contributed by atoms with Crippen LogP contribution in [0.1, 0.15) is 28.8 Å². The molecule has 2 aromatic rings. The zero-order chi connectivity index (χ0) is 21.5. The Morgan fingerprint density at radius 3 is 2.30 bits per heavy atom. The summed E-state index contributed by atoms with van der Waals surface area (Å²) in [4.78, 5) is 26.8. The molecule has 0 radical (unpaired) electrons. The molecule has 3 rings (SSSR count). The van der Waals surface area contributed by atoms with E-state index in [4.69, 9.17) is 14.2 Å². The first-order valence-electron chi connectivity index (χ1n) is 10.00. The smallest absolute Gasteiger partial charge is 0.258 e. The highest BCUT2D eigenvalue weighted by Gasteiger charge is 2.25. The molecule has 1 fully saturated rings. The van der Waals surface area contributed by atoms with Crippen LogP contribution in [0, 0.1) is 6.92 Å².